The summed E-state index contributed by atoms with van der Waals surface area (Å²) in [6.07, 6.45) is 0. The predicted molar refractivity (Wildman–Crippen MR) is 101 cm³/mol. The number of nitrogens with one attached hydrogen (secondary N) is 1. The van der Waals surface area contributed by atoms with Crippen LogP contribution in [0.5, 0.6) is 0 Å². The summed E-state index contributed by atoms with van der Waals surface area (Å²) in [5.74, 6) is 0.878. The lowest BCUT2D eigenvalue weighted by molar-refractivity contribution is 0.574. The van der Waals surface area contributed by atoms with Gasteiger partial charge in [-0.15, -0.1) is 5.10 Å². The summed E-state index contributed by atoms with van der Waals surface area (Å²) in [6.45, 7) is 5.81. The van der Waals surface area contributed by atoms with Crippen molar-refractivity contribution in [2.75, 3.05) is 4.90 Å². The molecule has 5 heteroatoms. The Hall–Kier alpha value is -2.40. The molecular formula is C19H22N4S. The number of aromatic nitrogens is 3. The summed E-state index contributed by atoms with van der Waals surface area (Å²) in [5.41, 5.74) is 2.50. The van der Waals surface area contributed by atoms with Crippen LogP contribution in [0.1, 0.15) is 31.0 Å². The molecule has 3 aromatic rings. The van der Waals surface area contributed by atoms with E-state index in [1.54, 1.807) is 0 Å². The smallest absolute Gasteiger partial charge is 0.226 e. The van der Waals surface area contributed by atoms with Crippen molar-refractivity contribution in [1.82, 2.24) is 14.8 Å². The van der Waals surface area contributed by atoms with Crippen LogP contribution in [0.2, 0.25) is 0 Å². The minimum absolute atomic E-state index is 0.250. The zero-order valence-electron chi connectivity index (χ0n) is 14.0. The highest BCUT2D eigenvalue weighted by atomic mass is 32.1. The van der Waals surface area contributed by atoms with Crippen LogP contribution in [0.25, 0.3) is 0 Å². The van der Waals surface area contributed by atoms with Crippen LogP contribution >= 0.6 is 12.2 Å². The molecule has 0 spiro atoms. The normalized spacial score (nSPS) is 11.0. The van der Waals surface area contributed by atoms with Gasteiger partial charge >= 0.3 is 0 Å². The molecule has 2 aromatic carbocycles. The molecule has 1 N–H and O–H groups in total. The van der Waals surface area contributed by atoms with E-state index in [2.05, 4.69) is 82.0 Å². The number of H-pyrrole nitrogens is 1. The summed E-state index contributed by atoms with van der Waals surface area (Å²) in [7, 11) is 0. The van der Waals surface area contributed by atoms with Gasteiger partial charge in [0.05, 0.1) is 0 Å². The molecule has 0 radical (unpaired) electrons. The summed E-state index contributed by atoms with van der Waals surface area (Å²) >= 11 is 5.42. The Morgan fingerprint density at radius 3 is 1.92 bits per heavy atom. The molecule has 0 aliphatic heterocycles. The highest BCUT2D eigenvalue weighted by Crippen LogP contribution is 2.22. The second-order valence-corrected chi connectivity index (χ2v) is 6.51. The first-order valence-corrected chi connectivity index (χ1v) is 8.55. The molecule has 0 aliphatic rings. The molecule has 0 saturated carbocycles. The first-order valence-electron chi connectivity index (χ1n) is 8.15. The van der Waals surface area contributed by atoms with Gasteiger partial charge < -0.3 is 4.90 Å². The van der Waals surface area contributed by atoms with Gasteiger partial charge in [0.2, 0.25) is 5.95 Å². The van der Waals surface area contributed by atoms with E-state index in [1.807, 2.05) is 12.1 Å². The Bertz CT molecular complexity index is 780. The highest BCUT2D eigenvalue weighted by molar-refractivity contribution is 7.71. The first kappa shape index (κ1) is 16.5. The topological polar surface area (TPSA) is 36.9 Å². The van der Waals surface area contributed by atoms with Crippen LogP contribution in [-0.4, -0.2) is 14.8 Å². The molecule has 0 amide bonds. The SMILES string of the molecule is CC(C)n1c(N(Cc2ccccc2)Cc2ccccc2)n[nH]c1=S. The lowest BCUT2D eigenvalue weighted by atomic mass is 10.2. The van der Waals surface area contributed by atoms with E-state index in [0.29, 0.717) is 4.77 Å². The summed E-state index contributed by atoms with van der Waals surface area (Å²) in [5, 5.41) is 7.45. The Labute approximate surface area is 147 Å². The van der Waals surface area contributed by atoms with Crippen LogP contribution in [0.15, 0.2) is 60.7 Å². The predicted octanol–water partition coefficient (Wildman–Crippen LogP) is 4.73. The molecule has 4 nitrogen and oxygen atoms in total. The third-order valence-electron chi connectivity index (χ3n) is 3.92. The van der Waals surface area contributed by atoms with Crippen molar-refractivity contribution < 1.29 is 0 Å². The molecule has 124 valence electrons. The van der Waals surface area contributed by atoms with Crippen molar-refractivity contribution in [2.45, 2.75) is 33.0 Å². The lowest BCUT2D eigenvalue weighted by Crippen LogP contribution is -2.26. The van der Waals surface area contributed by atoms with E-state index in [9.17, 15) is 0 Å². The van der Waals surface area contributed by atoms with Crippen molar-refractivity contribution in [3.63, 3.8) is 0 Å². The third-order valence-corrected chi connectivity index (χ3v) is 4.21. The van der Waals surface area contributed by atoms with E-state index in [-0.39, 0.29) is 6.04 Å². The molecule has 24 heavy (non-hydrogen) atoms. The maximum Gasteiger partial charge on any atom is 0.226 e. The fourth-order valence-corrected chi connectivity index (χ4v) is 3.13. The summed E-state index contributed by atoms with van der Waals surface area (Å²) in [6, 6.07) is 21.1. The molecule has 0 aliphatic carbocycles. The van der Waals surface area contributed by atoms with Crippen LogP contribution < -0.4 is 4.90 Å². The van der Waals surface area contributed by atoms with Crippen LogP contribution in [0.3, 0.4) is 0 Å². The monoisotopic (exact) mass is 338 g/mol. The fourth-order valence-electron chi connectivity index (χ4n) is 2.79. The van der Waals surface area contributed by atoms with Gasteiger partial charge in [-0.25, -0.2) is 5.10 Å². The van der Waals surface area contributed by atoms with Gasteiger partial charge in [-0.2, -0.15) is 0 Å². The summed E-state index contributed by atoms with van der Waals surface area (Å²) < 4.78 is 2.73. The van der Waals surface area contributed by atoms with Crippen molar-refractivity contribution in [1.29, 1.82) is 0 Å². The van der Waals surface area contributed by atoms with E-state index in [4.69, 9.17) is 12.2 Å². The fraction of sp³-hybridized carbons (Fsp3) is 0.263. The molecule has 1 heterocycles. The van der Waals surface area contributed by atoms with Crippen LogP contribution in [0, 0.1) is 4.77 Å². The number of aromatic amines is 1. The van der Waals surface area contributed by atoms with Gasteiger partial charge in [0.15, 0.2) is 4.77 Å². The van der Waals surface area contributed by atoms with E-state index in [0.717, 1.165) is 19.0 Å². The average molecular weight is 338 g/mol. The van der Waals surface area contributed by atoms with Gasteiger partial charge in [0.1, 0.15) is 0 Å². The number of hydrogen-bond donors (Lipinski definition) is 1. The van der Waals surface area contributed by atoms with E-state index in [1.165, 1.54) is 11.1 Å². The summed E-state index contributed by atoms with van der Waals surface area (Å²) in [4.78, 5) is 2.26. The van der Waals surface area contributed by atoms with Gasteiger partial charge in [-0.05, 0) is 37.2 Å². The zero-order chi connectivity index (χ0) is 16.9. The molecule has 0 atom stereocenters. The number of anilines is 1. The maximum absolute atomic E-state index is 5.42. The minimum Gasteiger partial charge on any atom is -0.332 e. The largest absolute Gasteiger partial charge is 0.332 e. The lowest BCUT2D eigenvalue weighted by Gasteiger charge is -2.25. The average Bonchev–Trinajstić information content (AvgIpc) is 2.98. The molecule has 0 fully saturated rings. The maximum atomic E-state index is 5.42. The Morgan fingerprint density at radius 2 is 1.46 bits per heavy atom. The number of nitrogens with zero attached hydrogens (tertiary/aromatic N) is 3. The Morgan fingerprint density at radius 1 is 0.958 bits per heavy atom. The Kier molecular flexibility index (Phi) is 5.11. The van der Waals surface area contributed by atoms with E-state index < -0.39 is 0 Å². The second-order valence-electron chi connectivity index (χ2n) is 6.12. The zero-order valence-corrected chi connectivity index (χ0v) is 14.8. The van der Waals surface area contributed by atoms with Crippen molar-refractivity contribution in [3.8, 4) is 0 Å². The first-order chi connectivity index (χ1) is 11.6. The number of benzene rings is 2. The second kappa shape index (κ2) is 7.45. The minimum atomic E-state index is 0.250. The quantitative estimate of drug-likeness (QED) is 0.660. The molecular weight excluding hydrogens is 316 g/mol. The van der Waals surface area contributed by atoms with Crippen LogP contribution in [0.4, 0.5) is 5.95 Å². The number of hydrogen-bond acceptors (Lipinski definition) is 3. The number of rotatable bonds is 6. The van der Waals surface area contributed by atoms with Gasteiger partial charge in [-0.3, -0.25) is 4.57 Å². The van der Waals surface area contributed by atoms with Crippen molar-refractivity contribution >= 4 is 18.2 Å². The van der Waals surface area contributed by atoms with Crippen molar-refractivity contribution in [2.24, 2.45) is 0 Å². The van der Waals surface area contributed by atoms with Gasteiger partial charge in [0, 0.05) is 19.1 Å². The standard InChI is InChI=1S/C19H22N4S/c1-15(2)23-18(20-21-19(23)24)22(13-16-9-5-3-6-10-16)14-17-11-7-4-8-12-17/h3-12,15H,13-14H2,1-2H3,(H,21,24). The van der Waals surface area contributed by atoms with Gasteiger partial charge in [0.25, 0.3) is 0 Å². The van der Waals surface area contributed by atoms with Crippen LogP contribution in [-0.2, 0) is 13.1 Å². The Balaban J connectivity index is 1.97. The molecule has 0 unspecified atom stereocenters. The molecule has 0 saturated heterocycles. The molecule has 3 rings (SSSR count). The third kappa shape index (κ3) is 3.74. The van der Waals surface area contributed by atoms with Gasteiger partial charge in [-0.1, -0.05) is 60.7 Å². The molecule has 1 aromatic heterocycles. The van der Waals surface area contributed by atoms with Crippen molar-refractivity contribution in [3.05, 3.63) is 76.6 Å². The highest BCUT2D eigenvalue weighted by Gasteiger charge is 2.17. The molecule has 0 bridgehead atoms. The van der Waals surface area contributed by atoms with E-state index >= 15 is 0 Å².